The van der Waals surface area contributed by atoms with Crippen LogP contribution in [0.4, 0.5) is 0 Å². The number of rotatable bonds is 3. The SMILES string of the molecule is Cl.Oc1ccccc1C1CC(c2csc(C3CCNCC3)n2)=NO1. The molecule has 0 radical (unpaired) electrons. The lowest BCUT2D eigenvalue weighted by Crippen LogP contribution is -2.26. The van der Waals surface area contributed by atoms with Gasteiger partial charge in [0, 0.05) is 23.3 Å². The molecule has 0 saturated carbocycles. The average molecular weight is 366 g/mol. The van der Waals surface area contributed by atoms with Crippen LogP contribution in [-0.4, -0.2) is 28.9 Å². The van der Waals surface area contributed by atoms with Gasteiger partial charge in [-0.15, -0.1) is 23.7 Å². The molecular weight excluding hydrogens is 346 g/mol. The fourth-order valence-corrected chi connectivity index (χ4v) is 4.13. The molecule has 0 bridgehead atoms. The van der Waals surface area contributed by atoms with E-state index in [9.17, 15) is 5.11 Å². The highest BCUT2D eigenvalue weighted by Crippen LogP contribution is 2.35. The molecule has 0 aliphatic carbocycles. The van der Waals surface area contributed by atoms with Gasteiger partial charge in [-0.25, -0.2) is 4.98 Å². The number of halogens is 1. The second kappa shape index (κ2) is 7.51. The van der Waals surface area contributed by atoms with Gasteiger partial charge in [-0.3, -0.25) is 0 Å². The van der Waals surface area contributed by atoms with Gasteiger partial charge in [0.2, 0.25) is 0 Å². The molecule has 1 saturated heterocycles. The highest BCUT2D eigenvalue weighted by Gasteiger charge is 2.28. The summed E-state index contributed by atoms with van der Waals surface area (Å²) >= 11 is 1.72. The van der Waals surface area contributed by atoms with E-state index in [4.69, 9.17) is 9.82 Å². The Hall–Kier alpha value is -1.63. The third kappa shape index (κ3) is 3.41. The Morgan fingerprint density at radius 2 is 2.00 bits per heavy atom. The minimum atomic E-state index is -0.227. The van der Waals surface area contributed by atoms with Crippen LogP contribution < -0.4 is 5.32 Å². The zero-order valence-electron chi connectivity index (χ0n) is 13.1. The largest absolute Gasteiger partial charge is 0.508 e. The standard InChI is InChI=1S/C17H19N3O2S.ClH/c21-15-4-2-1-3-12(15)16-9-13(20-22-16)14-10-23-17(19-14)11-5-7-18-8-6-11;/h1-4,10-11,16,18,21H,5-9H2;1H. The molecule has 7 heteroatoms. The van der Waals surface area contributed by atoms with Crippen molar-refractivity contribution in [1.29, 1.82) is 0 Å². The van der Waals surface area contributed by atoms with Crippen molar-refractivity contribution >= 4 is 29.5 Å². The molecule has 1 aromatic heterocycles. The number of benzene rings is 1. The summed E-state index contributed by atoms with van der Waals surface area (Å²) < 4.78 is 0. The smallest absolute Gasteiger partial charge is 0.161 e. The van der Waals surface area contributed by atoms with E-state index in [0.29, 0.717) is 12.3 Å². The lowest BCUT2D eigenvalue weighted by atomic mass is 9.99. The second-order valence-corrected chi connectivity index (χ2v) is 6.88. The van der Waals surface area contributed by atoms with Gasteiger partial charge in [-0.1, -0.05) is 23.4 Å². The molecule has 4 rings (SSSR count). The van der Waals surface area contributed by atoms with Gasteiger partial charge >= 0.3 is 0 Å². The second-order valence-electron chi connectivity index (χ2n) is 5.99. The van der Waals surface area contributed by atoms with Crippen molar-refractivity contribution in [2.45, 2.75) is 31.3 Å². The molecule has 2 N–H and O–H groups in total. The van der Waals surface area contributed by atoms with Gasteiger partial charge in [-0.2, -0.15) is 0 Å². The van der Waals surface area contributed by atoms with Crippen LogP contribution in [0.15, 0.2) is 34.8 Å². The number of piperidine rings is 1. The molecule has 5 nitrogen and oxygen atoms in total. The maximum atomic E-state index is 9.95. The van der Waals surface area contributed by atoms with Crippen molar-refractivity contribution in [3.8, 4) is 5.75 Å². The molecule has 2 aliphatic heterocycles. The van der Waals surface area contributed by atoms with E-state index in [1.165, 1.54) is 5.01 Å². The number of para-hydroxylation sites is 1. The van der Waals surface area contributed by atoms with Crippen molar-refractivity contribution < 1.29 is 9.94 Å². The summed E-state index contributed by atoms with van der Waals surface area (Å²) in [7, 11) is 0. The van der Waals surface area contributed by atoms with Gasteiger partial charge < -0.3 is 15.3 Å². The zero-order valence-corrected chi connectivity index (χ0v) is 14.8. The summed E-state index contributed by atoms with van der Waals surface area (Å²) in [5.41, 5.74) is 2.57. The molecule has 1 unspecified atom stereocenters. The molecule has 0 amide bonds. The van der Waals surface area contributed by atoms with Crippen molar-refractivity contribution in [1.82, 2.24) is 10.3 Å². The van der Waals surface area contributed by atoms with Gasteiger partial charge in [0.05, 0.1) is 10.7 Å². The summed E-state index contributed by atoms with van der Waals surface area (Å²) in [5.74, 6) is 0.814. The lowest BCUT2D eigenvalue weighted by molar-refractivity contribution is 0.0838. The Labute approximate surface area is 151 Å². The van der Waals surface area contributed by atoms with Crippen LogP contribution in [0.5, 0.6) is 5.75 Å². The molecule has 24 heavy (non-hydrogen) atoms. The third-order valence-corrected chi connectivity index (χ3v) is 5.47. The van der Waals surface area contributed by atoms with E-state index in [0.717, 1.165) is 42.9 Å². The highest BCUT2D eigenvalue weighted by atomic mass is 35.5. The topological polar surface area (TPSA) is 66.7 Å². The predicted octanol–water partition coefficient (Wildman–Crippen LogP) is 3.60. The van der Waals surface area contributed by atoms with Crippen LogP contribution >= 0.6 is 23.7 Å². The number of oxime groups is 1. The summed E-state index contributed by atoms with van der Waals surface area (Å²) in [6, 6.07) is 7.25. The quantitative estimate of drug-likeness (QED) is 0.872. The number of hydrogen-bond acceptors (Lipinski definition) is 6. The number of phenols is 1. The maximum absolute atomic E-state index is 9.95. The van der Waals surface area contributed by atoms with E-state index >= 15 is 0 Å². The Morgan fingerprint density at radius 1 is 1.21 bits per heavy atom. The zero-order chi connectivity index (χ0) is 15.6. The molecule has 1 aromatic carbocycles. The number of aromatic hydroxyl groups is 1. The molecule has 2 aromatic rings. The monoisotopic (exact) mass is 365 g/mol. The molecule has 128 valence electrons. The van der Waals surface area contributed by atoms with Crippen LogP contribution in [0.2, 0.25) is 0 Å². The van der Waals surface area contributed by atoms with E-state index in [-0.39, 0.29) is 24.3 Å². The van der Waals surface area contributed by atoms with E-state index < -0.39 is 0 Å². The third-order valence-electron chi connectivity index (χ3n) is 4.46. The first kappa shape index (κ1) is 17.2. The number of hydrogen-bond donors (Lipinski definition) is 2. The first-order valence-electron chi connectivity index (χ1n) is 7.98. The molecule has 1 atom stereocenters. The van der Waals surface area contributed by atoms with E-state index in [1.54, 1.807) is 23.5 Å². The minimum Gasteiger partial charge on any atom is -0.508 e. The summed E-state index contributed by atoms with van der Waals surface area (Å²) in [4.78, 5) is 10.3. The van der Waals surface area contributed by atoms with Crippen LogP contribution in [0.1, 0.15) is 47.5 Å². The highest BCUT2D eigenvalue weighted by molar-refractivity contribution is 7.09. The molecular formula is C17H20ClN3O2S. The first-order chi connectivity index (χ1) is 11.3. The predicted molar refractivity (Wildman–Crippen MR) is 97.3 cm³/mol. The molecule has 0 spiro atoms. The summed E-state index contributed by atoms with van der Waals surface area (Å²) in [6.45, 7) is 2.14. The van der Waals surface area contributed by atoms with Crippen LogP contribution in [0, 0.1) is 0 Å². The van der Waals surface area contributed by atoms with Crippen molar-refractivity contribution in [3.63, 3.8) is 0 Å². The van der Waals surface area contributed by atoms with Crippen molar-refractivity contribution in [2.75, 3.05) is 13.1 Å². The van der Waals surface area contributed by atoms with Gasteiger partial charge in [0.25, 0.3) is 0 Å². The normalized spacial score (nSPS) is 21.0. The Kier molecular flexibility index (Phi) is 5.38. The molecule has 1 fully saturated rings. The van der Waals surface area contributed by atoms with Crippen LogP contribution in [-0.2, 0) is 4.84 Å². The number of phenolic OH excluding ortho intramolecular Hbond substituents is 1. The number of nitrogens with zero attached hydrogens (tertiary/aromatic N) is 2. The Bertz CT molecular complexity index is 728. The van der Waals surface area contributed by atoms with Crippen molar-refractivity contribution in [2.24, 2.45) is 5.16 Å². The maximum Gasteiger partial charge on any atom is 0.161 e. The fourth-order valence-electron chi connectivity index (χ4n) is 3.13. The van der Waals surface area contributed by atoms with E-state index in [1.807, 2.05) is 12.1 Å². The lowest BCUT2D eigenvalue weighted by Gasteiger charge is -2.20. The summed E-state index contributed by atoms with van der Waals surface area (Å²) in [6.07, 6.45) is 2.72. The fraction of sp³-hybridized carbons (Fsp3) is 0.412. The Morgan fingerprint density at radius 3 is 2.79 bits per heavy atom. The first-order valence-corrected chi connectivity index (χ1v) is 8.86. The Balaban J connectivity index is 0.00000169. The molecule has 2 aliphatic rings. The number of thiazole rings is 1. The number of nitrogens with one attached hydrogen (secondary N) is 1. The van der Waals surface area contributed by atoms with E-state index in [2.05, 4.69) is 15.9 Å². The molecule has 3 heterocycles. The van der Waals surface area contributed by atoms with Gasteiger partial charge in [0.1, 0.15) is 11.5 Å². The number of aromatic nitrogens is 1. The van der Waals surface area contributed by atoms with Crippen LogP contribution in [0.3, 0.4) is 0 Å². The van der Waals surface area contributed by atoms with Gasteiger partial charge in [-0.05, 0) is 32.0 Å². The van der Waals surface area contributed by atoms with Crippen LogP contribution in [0.25, 0.3) is 0 Å². The average Bonchev–Trinajstić information content (AvgIpc) is 3.25. The van der Waals surface area contributed by atoms with Crippen molar-refractivity contribution in [3.05, 3.63) is 45.9 Å². The minimum absolute atomic E-state index is 0. The summed E-state index contributed by atoms with van der Waals surface area (Å²) in [5, 5.41) is 20.8. The van der Waals surface area contributed by atoms with Gasteiger partial charge in [0.15, 0.2) is 6.10 Å².